The Hall–Kier alpha value is -2.43. The molecule has 162 valence electrons. The van der Waals surface area contributed by atoms with Gasteiger partial charge in [0.05, 0.1) is 6.54 Å². The van der Waals surface area contributed by atoms with Gasteiger partial charge in [0.2, 0.25) is 15.9 Å². The maximum atomic E-state index is 13.9. The summed E-state index contributed by atoms with van der Waals surface area (Å²) in [5.41, 5.74) is 0.271. The summed E-state index contributed by atoms with van der Waals surface area (Å²) in [6.07, 6.45) is 0. The standard InChI is InChI=1S/C20H22F3N3O3S/c1-24(13-15-6-7-16(21)12-18(15)23)14-20(27)25-8-10-26(11-9-25)30(28,29)19-5-3-2-4-17(19)22/h2-7,12H,8-11,13-14H2,1H3. The third kappa shape index (κ3) is 5.00. The molecule has 1 aliphatic heterocycles. The van der Waals surface area contributed by atoms with E-state index in [-0.39, 0.29) is 55.6 Å². The monoisotopic (exact) mass is 441 g/mol. The van der Waals surface area contributed by atoms with Crippen LogP contribution in [0.4, 0.5) is 13.2 Å². The number of halogens is 3. The van der Waals surface area contributed by atoms with E-state index in [9.17, 15) is 26.4 Å². The zero-order chi connectivity index (χ0) is 21.9. The van der Waals surface area contributed by atoms with E-state index in [4.69, 9.17) is 0 Å². The number of rotatable bonds is 6. The zero-order valence-electron chi connectivity index (χ0n) is 16.4. The Balaban J connectivity index is 1.55. The van der Waals surface area contributed by atoms with Crippen LogP contribution in [0.15, 0.2) is 47.4 Å². The minimum Gasteiger partial charge on any atom is -0.339 e. The summed E-state index contributed by atoms with van der Waals surface area (Å²) < 4.78 is 67.1. The molecule has 1 aliphatic rings. The fourth-order valence-electron chi connectivity index (χ4n) is 3.30. The van der Waals surface area contributed by atoms with Gasteiger partial charge in [0.25, 0.3) is 0 Å². The molecular weight excluding hydrogens is 419 g/mol. The number of hydrogen-bond acceptors (Lipinski definition) is 4. The van der Waals surface area contributed by atoms with E-state index < -0.39 is 27.5 Å². The molecular formula is C20H22F3N3O3S. The van der Waals surface area contributed by atoms with E-state index >= 15 is 0 Å². The number of piperazine rings is 1. The van der Waals surface area contributed by atoms with Crippen molar-refractivity contribution in [2.45, 2.75) is 11.4 Å². The van der Waals surface area contributed by atoms with Gasteiger partial charge in [-0.15, -0.1) is 0 Å². The minimum atomic E-state index is -3.98. The lowest BCUT2D eigenvalue weighted by Gasteiger charge is -2.34. The Morgan fingerprint density at radius 2 is 1.67 bits per heavy atom. The summed E-state index contributed by atoms with van der Waals surface area (Å²) in [5, 5.41) is 0. The predicted molar refractivity (Wildman–Crippen MR) is 104 cm³/mol. The fourth-order valence-corrected chi connectivity index (χ4v) is 4.79. The van der Waals surface area contributed by atoms with Gasteiger partial charge in [0.1, 0.15) is 22.3 Å². The Bertz CT molecular complexity index is 1020. The topological polar surface area (TPSA) is 60.9 Å². The van der Waals surface area contributed by atoms with Crippen LogP contribution in [0.2, 0.25) is 0 Å². The third-order valence-electron chi connectivity index (χ3n) is 4.91. The maximum absolute atomic E-state index is 13.9. The minimum absolute atomic E-state index is 0.00310. The number of amides is 1. The first kappa shape index (κ1) is 22.3. The molecule has 6 nitrogen and oxygen atoms in total. The highest BCUT2D eigenvalue weighted by Crippen LogP contribution is 2.20. The van der Waals surface area contributed by atoms with Gasteiger partial charge in [-0.2, -0.15) is 4.31 Å². The molecule has 0 spiro atoms. The van der Waals surface area contributed by atoms with E-state index in [0.717, 1.165) is 22.5 Å². The largest absolute Gasteiger partial charge is 0.339 e. The number of sulfonamides is 1. The molecule has 2 aromatic rings. The molecule has 0 aromatic heterocycles. The van der Waals surface area contributed by atoms with Gasteiger partial charge in [-0.05, 0) is 25.2 Å². The smallest absolute Gasteiger partial charge is 0.246 e. The van der Waals surface area contributed by atoms with E-state index in [1.54, 1.807) is 11.9 Å². The molecule has 0 aliphatic carbocycles. The van der Waals surface area contributed by atoms with E-state index in [1.807, 2.05) is 0 Å². The van der Waals surface area contributed by atoms with Crippen molar-refractivity contribution >= 4 is 15.9 Å². The van der Waals surface area contributed by atoms with E-state index in [0.29, 0.717) is 0 Å². The van der Waals surface area contributed by atoms with Crippen molar-refractivity contribution in [3.63, 3.8) is 0 Å². The molecule has 2 aromatic carbocycles. The van der Waals surface area contributed by atoms with Crippen LogP contribution in [0.5, 0.6) is 0 Å². The second-order valence-electron chi connectivity index (χ2n) is 7.12. The van der Waals surface area contributed by atoms with Crippen molar-refractivity contribution in [2.24, 2.45) is 0 Å². The van der Waals surface area contributed by atoms with E-state index in [2.05, 4.69) is 0 Å². The Morgan fingerprint density at radius 1 is 1.00 bits per heavy atom. The SMILES string of the molecule is CN(CC(=O)N1CCN(S(=O)(=O)c2ccccc2F)CC1)Cc1ccc(F)cc1F. The summed E-state index contributed by atoms with van der Waals surface area (Å²) in [4.78, 5) is 15.3. The van der Waals surface area contributed by atoms with Crippen LogP contribution in [-0.4, -0.2) is 68.2 Å². The number of hydrogen-bond donors (Lipinski definition) is 0. The molecule has 3 rings (SSSR count). The summed E-state index contributed by atoms with van der Waals surface area (Å²) in [7, 11) is -2.34. The number of likely N-dealkylation sites (N-methyl/N-ethyl adjacent to an activating group) is 1. The number of benzene rings is 2. The summed E-state index contributed by atoms with van der Waals surface area (Å²) in [6.45, 7) is 0.574. The van der Waals surface area contributed by atoms with Crippen LogP contribution >= 0.6 is 0 Å². The Labute approximate surface area is 173 Å². The molecule has 0 radical (unpaired) electrons. The second-order valence-corrected chi connectivity index (χ2v) is 9.03. The lowest BCUT2D eigenvalue weighted by Crippen LogP contribution is -2.52. The van der Waals surface area contributed by atoms with Crippen LogP contribution in [0.1, 0.15) is 5.56 Å². The van der Waals surface area contributed by atoms with Crippen LogP contribution in [0, 0.1) is 17.5 Å². The van der Waals surface area contributed by atoms with Crippen molar-refractivity contribution in [1.29, 1.82) is 0 Å². The highest BCUT2D eigenvalue weighted by Gasteiger charge is 2.31. The van der Waals surface area contributed by atoms with Crippen LogP contribution in [-0.2, 0) is 21.4 Å². The first-order valence-corrected chi connectivity index (χ1v) is 10.8. The van der Waals surface area contributed by atoms with Crippen LogP contribution < -0.4 is 0 Å². The second kappa shape index (κ2) is 9.15. The lowest BCUT2D eigenvalue weighted by atomic mass is 10.2. The number of nitrogens with zero attached hydrogens (tertiary/aromatic N) is 3. The van der Waals surface area contributed by atoms with Crippen LogP contribution in [0.3, 0.4) is 0 Å². The molecule has 0 bridgehead atoms. The summed E-state index contributed by atoms with van der Waals surface area (Å²) in [5.74, 6) is -2.40. The normalized spacial score (nSPS) is 15.6. The molecule has 10 heteroatoms. The maximum Gasteiger partial charge on any atom is 0.246 e. The van der Waals surface area contributed by atoms with Crippen molar-refractivity contribution in [3.8, 4) is 0 Å². The Kier molecular flexibility index (Phi) is 6.79. The van der Waals surface area contributed by atoms with Gasteiger partial charge in [-0.25, -0.2) is 21.6 Å². The van der Waals surface area contributed by atoms with Gasteiger partial charge in [-0.3, -0.25) is 9.69 Å². The summed E-state index contributed by atoms with van der Waals surface area (Å²) >= 11 is 0. The average Bonchev–Trinajstić information content (AvgIpc) is 2.70. The molecule has 0 saturated carbocycles. The molecule has 1 fully saturated rings. The lowest BCUT2D eigenvalue weighted by molar-refractivity contribution is -0.133. The van der Waals surface area contributed by atoms with Gasteiger partial charge < -0.3 is 4.90 Å². The van der Waals surface area contributed by atoms with Crippen molar-refractivity contribution in [1.82, 2.24) is 14.1 Å². The fraction of sp³-hybridized carbons (Fsp3) is 0.350. The number of carbonyl (C=O) groups excluding carboxylic acids is 1. The quantitative estimate of drug-likeness (QED) is 0.689. The molecule has 1 heterocycles. The van der Waals surface area contributed by atoms with Crippen LogP contribution in [0.25, 0.3) is 0 Å². The molecule has 1 amide bonds. The molecule has 0 atom stereocenters. The van der Waals surface area contributed by atoms with Crippen molar-refractivity contribution < 1.29 is 26.4 Å². The Morgan fingerprint density at radius 3 is 2.30 bits per heavy atom. The molecule has 0 N–H and O–H groups in total. The van der Waals surface area contributed by atoms with Gasteiger partial charge in [0.15, 0.2) is 0 Å². The number of carbonyl (C=O) groups is 1. The summed E-state index contributed by atoms with van der Waals surface area (Å²) in [6, 6.07) is 8.45. The first-order chi connectivity index (χ1) is 14.2. The highest BCUT2D eigenvalue weighted by atomic mass is 32.2. The van der Waals surface area contributed by atoms with Crippen molar-refractivity contribution in [2.75, 3.05) is 39.8 Å². The molecule has 1 saturated heterocycles. The van der Waals surface area contributed by atoms with Crippen molar-refractivity contribution in [3.05, 3.63) is 65.5 Å². The average molecular weight is 441 g/mol. The molecule has 0 unspecified atom stereocenters. The van der Waals surface area contributed by atoms with Gasteiger partial charge in [0, 0.05) is 44.4 Å². The molecule has 30 heavy (non-hydrogen) atoms. The third-order valence-corrected chi connectivity index (χ3v) is 6.84. The highest BCUT2D eigenvalue weighted by molar-refractivity contribution is 7.89. The zero-order valence-corrected chi connectivity index (χ0v) is 17.2. The van der Waals surface area contributed by atoms with Gasteiger partial charge in [-0.1, -0.05) is 18.2 Å². The predicted octanol–water partition coefficient (Wildman–Crippen LogP) is 2.07. The van der Waals surface area contributed by atoms with Gasteiger partial charge >= 0.3 is 0 Å². The first-order valence-electron chi connectivity index (χ1n) is 9.33. The van der Waals surface area contributed by atoms with E-state index in [1.165, 1.54) is 29.2 Å².